The molecule has 1 unspecified atom stereocenters. The van der Waals surface area contributed by atoms with Crippen LogP contribution in [0, 0.1) is 0 Å². The molecule has 0 saturated heterocycles. The van der Waals surface area contributed by atoms with E-state index < -0.39 is 12.1 Å². The lowest BCUT2D eigenvalue weighted by molar-refractivity contribution is -0.166. The Hall–Kier alpha value is -3.67. The first-order valence-corrected chi connectivity index (χ1v) is 34.7. The maximum Gasteiger partial charge on any atom is 0.309 e. The van der Waals surface area contributed by atoms with E-state index in [9.17, 15) is 14.4 Å². The molecule has 1 atom stereocenters. The molecule has 0 saturated carbocycles. The zero-order valence-electron chi connectivity index (χ0n) is 53.5. The van der Waals surface area contributed by atoms with Crippen LogP contribution in [0.3, 0.4) is 0 Å². The van der Waals surface area contributed by atoms with E-state index in [1.165, 1.54) is 225 Å². The third-order valence-corrected chi connectivity index (χ3v) is 15.1. The van der Waals surface area contributed by atoms with Crippen LogP contribution in [-0.4, -0.2) is 37.2 Å². The Bertz CT molecular complexity index is 1580. The zero-order chi connectivity index (χ0) is 58.5. The molecule has 81 heavy (non-hydrogen) atoms. The van der Waals surface area contributed by atoms with Crippen LogP contribution < -0.4 is 0 Å². The smallest absolute Gasteiger partial charge is 0.309 e. The lowest BCUT2D eigenvalue weighted by atomic mass is 10.0. The quantitative estimate of drug-likeness (QED) is 0.0261. The van der Waals surface area contributed by atoms with Crippen molar-refractivity contribution in [3.63, 3.8) is 0 Å². The van der Waals surface area contributed by atoms with Gasteiger partial charge in [0, 0.05) is 12.8 Å². The Labute approximate surface area is 502 Å². The summed E-state index contributed by atoms with van der Waals surface area (Å²) in [6.45, 7) is 6.45. The van der Waals surface area contributed by atoms with Gasteiger partial charge in [-0.1, -0.05) is 317 Å². The first-order chi connectivity index (χ1) is 40.0. The minimum atomic E-state index is -0.821. The number of unbranched alkanes of at least 4 members (excludes halogenated alkanes) is 37. The van der Waals surface area contributed by atoms with Gasteiger partial charge in [0.05, 0.1) is 6.42 Å². The zero-order valence-corrected chi connectivity index (χ0v) is 53.5. The molecular formula is C75H130O6. The average Bonchev–Trinajstić information content (AvgIpc) is 3.47. The molecule has 0 aromatic carbocycles. The van der Waals surface area contributed by atoms with Crippen LogP contribution in [0.4, 0.5) is 0 Å². The van der Waals surface area contributed by atoms with Gasteiger partial charge in [0.2, 0.25) is 0 Å². The molecule has 0 aliphatic rings. The third-order valence-electron chi connectivity index (χ3n) is 15.1. The van der Waals surface area contributed by atoms with Gasteiger partial charge in [-0.05, 0) is 103 Å². The molecular weight excluding hydrogens is 997 g/mol. The highest BCUT2D eigenvalue weighted by Gasteiger charge is 2.19. The van der Waals surface area contributed by atoms with Crippen LogP contribution in [0.2, 0.25) is 0 Å². The summed E-state index contributed by atoms with van der Waals surface area (Å²) >= 11 is 0. The summed E-state index contributed by atoms with van der Waals surface area (Å²) in [5.41, 5.74) is 0. The SMILES string of the molecule is CC/C=C\C/C=C\C/C=C\C/C=C\C/C=C\CC(=O)OCC(COC(=O)CCCCCCCCCCCCCCCCCCC/C=C\CCCCCCCCCC)OC(=O)CCCCCCCCCCC/C=C\C/C=C\CCCCC. The fraction of sp³-hybridized carbons (Fsp3) is 0.747. The summed E-state index contributed by atoms with van der Waals surface area (Å²) in [5.74, 6) is -1.03. The molecule has 0 radical (unpaired) electrons. The minimum absolute atomic E-state index is 0.107. The van der Waals surface area contributed by atoms with Crippen molar-refractivity contribution >= 4 is 17.9 Å². The van der Waals surface area contributed by atoms with Gasteiger partial charge in [0.25, 0.3) is 0 Å². The monoisotopic (exact) mass is 1130 g/mol. The lowest BCUT2D eigenvalue weighted by Crippen LogP contribution is -2.30. The molecule has 0 aromatic rings. The molecule has 0 heterocycles. The molecule has 6 heteroatoms. The summed E-state index contributed by atoms with van der Waals surface area (Å²) in [6, 6.07) is 0. The van der Waals surface area contributed by atoms with Gasteiger partial charge in [-0.15, -0.1) is 0 Å². The van der Waals surface area contributed by atoms with Crippen molar-refractivity contribution in [1.29, 1.82) is 0 Å². The van der Waals surface area contributed by atoms with Crippen LogP contribution in [0.5, 0.6) is 0 Å². The summed E-state index contributed by atoms with van der Waals surface area (Å²) in [6.07, 6.45) is 93.2. The second kappa shape index (κ2) is 68.8. The maximum absolute atomic E-state index is 12.9. The van der Waals surface area contributed by atoms with E-state index in [1.54, 1.807) is 6.08 Å². The molecule has 0 fully saturated rings. The molecule has 6 nitrogen and oxygen atoms in total. The molecule has 0 bridgehead atoms. The first-order valence-electron chi connectivity index (χ1n) is 34.7. The second-order valence-corrected chi connectivity index (χ2v) is 23.1. The fourth-order valence-corrected chi connectivity index (χ4v) is 9.90. The van der Waals surface area contributed by atoms with E-state index in [0.29, 0.717) is 12.8 Å². The highest BCUT2D eigenvalue weighted by molar-refractivity contribution is 5.72. The van der Waals surface area contributed by atoms with Gasteiger partial charge < -0.3 is 14.2 Å². The number of esters is 3. The number of allylic oxidation sites excluding steroid dienone is 15. The Morgan fingerprint density at radius 1 is 0.272 bits per heavy atom. The predicted octanol–water partition coefficient (Wildman–Crippen LogP) is 24.0. The number of ether oxygens (including phenoxy) is 3. The number of hydrogen-bond donors (Lipinski definition) is 0. The van der Waals surface area contributed by atoms with Gasteiger partial charge in [-0.25, -0.2) is 0 Å². The van der Waals surface area contributed by atoms with Gasteiger partial charge in [0.1, 0.15) is 13.2 Å². The van der Waals surface area contributed by atoms with Crippen molar-refractivity contribution in [2.45, 2.75) is 348 Å². The minimum Gasteiger partial charge on any atom is -0.462 e. The van der Waals surface area contributed by atoms with Gasteiger partial charge in [0.15, 0.2) is 6.10 Å². The molecule has 0 rings (SSSR count). The summed E-state index contributed by atoms with van der Waals surface area (Å²) in [7, 11) is 0. The Kier molecular flexibility index (Phi) is 65.7. The highest BCUT2D eigenvalue weighted by Crippen LogP contribution is 2.17. The van der Waals surface area contributed by atoms with Crippen LogP contribution in [0.25, 0.3) is 0 Å². The van der Waals surface area contributed by atoms with E-state index >= 15 is 0 Å². The van der Waals surface area contributed by atoms with Crippen molar-refractivity contribution in [3.8, 4) is 0 Å². The van der Waals surface area contributed by atoms with E-state index in [4.69, 9.17) is 14.2 Å². The van der Waals surface area contributed by atoms with E-state index in [0.717, 1.165) is 77.0 Å². The van der Waals surface area contributed by atoms with Crippen LogP contribution in [-0.2, 0) is 28.6 Å². The summed E-state index contributed by atoms with van der Waals surface area (Å²) in [5, 5.41) is 0. The second-order valence-electron chi connectivity index (χ2n) is 23.1. The molecule has 0 spiro atoms. The van der Waals surface area contributed by atoms with Crippen molar-refractivity contribution < 1.29 is 28.6 Å². The van der Waals surface area contributed by atoms with Gasteiger partial charge >= 0.3 is 17.9 Å². The molecule has 0 N–H and O–H groups in total. The molecule has 0 amide bonds. The number of rotatable bonds is 63. The molecule has 0 aliphatic heterocycles. The molecule has 466 valence electrons. The summed E-state index contributed by atoms with van der Waals surface area (Å²) in [4.78, 5) is 38.3. The topological polar surface area (TPSA) is 78.9 Å². The Balaban J connectivity index is 4.31. The van der Waals surface area contributed by atoms with Crippen molar-refractivity contribution in [2.75, 3.05) is 13.2 Å². The highest BCUT2D eigenvalue weighted by atomic mass is 16.6. The Morgan fingerprint density at radius 2 is 0.531 bits per heavy atom. The molecule has 0 aliphatic carbocycles. The fourth-order valence-electron chi connectivity index (χ4n) is 9.90. The normalized spacial score (nSPS) is 12.7. The third kappa shape index (κ3) is 67.0. The maximum atomic E-state index is 12.9. The average molecular weight is 1130 g/mol. The number of carbonyl (C=O) groups excluding carboxylic acids is 3. The Morgan fingerprint density at radius 3 is 0.901 bits per heavy atom. The largest absolute Gasteiger partial charge is 0.462 e. The van der Waals surface area contributed by atoms with E-state index in [2.05, 4.69) is 106 Å². The standard InChI is InChI=1S/C75H130O6/c1-4-7-10-13-16-19-22-25-28-30-32-33-34-35-36-37-38-39-40-41-43-44-47-50-53-56-59-62-65-68-74(77)80-71-72(70-79-73(76)67-64-61-58-55-52-49-46-27-24-21-18-15-12-9-6-3)81-75(78)69-66-63-60-57-54-51-48-45-42-31-29-26-23-20-17-14-11-8-5-2/h9,12,17-18,20-21,26-27,29-30,32,46,52,55,61,64,72H,4-8,10-11,13-16,19,22-25,28,31,33-45,47-51,53-54,56-60,62-63,65-71H2,1-3H3/b12-9-,20-17-,21-18-,29-26-,32-30-,46-27-,55-52-,64-61-. The van der Waals surface area contributed by atoms with Crippen molar-refractivity contribution in [3.05, 3.63) is 97.2 Å². The van der Waals surface area contributed by atoms with Crippen molar-refractivity contribution in [1.82, 2.24) is 0 Å². The predicted molar refractivity (Wildman–Crippen MR) is 353 cm³/mol. The van der Waals surface area contributed by atoms with E-state index in [-0.39, 0.29) is 31.6 Å². The van der Waals surface area contributed by atoms with E-state index in [1.807, 2.05) is 6.08 Å². The number of hydrogen-bond acceptors (Lipinski definition) is 6. The van der Waals surface area contributed by atoms with Crippen molar-refractivity contribution in [2.24, 2.45) is 0 Å². The van der Waals surface area contributed by atoms with Gasteiger partial charge in [-0.3, -0.25) is 14.4 Å². The van der Waals surface area contributed by atoms with Crippen LogP contribution in [0.15, 0.2) is 97.2 Å². The lowest BCUT2D eigenvalue weighted by Gasteiger charge is -2.18. The van der Waals surface area contributed by atoms with Crippen LogP contribution >= 0.6 is 0 Å². The first kappa shape index (κ1) is 77.3. The van der Waals surface area contributed by atoms with Crippen LogP contribution in [0.1, 0.15) is 342 Å². The number of carbonyl (C=O) groups is 3. The van der Waals surface area contributed by atoms with Gasteiger partial charge in [-0.2, -0.15) is 0 Å². The molecule has 0 aromatic heterocycles. The summed E-state index contributed by atoms with van der Waals surface area (Å²) < 4.78 is 16.9.